The summed E-state index contributed by atoms with van der Waals surface area (Å²) in [5.74, 6) is -1.56. The van der Waals surface area contributed by atoms with Crippen LogP contribution in [0.5, 0.6) is 0 Å². The van der Waals surface area contributed by atoms with Crippen molar-refractivity contribution < 1.29 is 23.2 Å². The van der Waals surface area contributed by atoms with Gasteiger partial charge >= 0.3 is 0 Å². The highest BCUT2D eigenvalue weighted by atomic mass is 35.5. The third-order valence-electron chi connectivity index (χ3n) is 2.77. The molecule has 23 heavy (non-hydrogen) atoms. The van der Waals surface area contributed by atoms with E-state index in [-0.39, 0.29) is 22.0 Å². The summed E-state index contributed by atoms with van der Waals surface area (Å²) < 4.78 is 26.7. The molecule has 1 N–H and O–H groups in total. The lowest BCUT2D eigenvalue weighted by molar-refractivity contribution is -0.384. The topological polar surface area (TPSA) is 129 Å². The lowest BCUT2D eigenvalue weighted by Gasteiger charge is -2.11. The van der Waals surface area contributed by atoms with Gasteiger partial charge in [0.2, 0.25) is 0 Å². The molecular weight excluding hydrogens is 348 g/mol. The number of nitrogens with one attached hydrogen (secondary N) is 1. The second kappa shape index (κ2) is 6.23. The normalized spacial score (nSPS) is 11.0. The molecule has 0 aliphatic heterocycles. The zero-order chi connectivity index (χ0) is 17.2. The second-order valence-corrected chi connectivity index (χ2v) is 6.40. The molecule has 0 aromatic heterocycles. The van der Waals surface area contributed by atoms with Crippen molar-refractivity contribution in [2.45, 2.75) is 4.90 Å². The number of benzene rings is 2. The first kappa shape index (κ1) is 16.7. The number of aromatic carboxylic acids is 1. The molecule has 0 radical (unpaired) electrons. The average molecular weight is 356 g/mol. The van der Waals surface area contributed by atoms with Crippen LogP contribution >= 0.6 is 11.6 Å². The van der Waals surface area contributed by atoms with Crippen molar-refractivity contribution in [3.63, 3.8) is 0 Å². The second-order valence-electron chi connectivity index (χ2n) is 4.35. The van der Waals surface area contributed by atoms with Gasteiger partial charge in [0.05, 0.1) is 21.6 Å². The minimum absolute atomic E-state index is 0.0610. The van der Waals surface area contributed by atoms with Crippen LogP contribution in [0.3, 0.4) is 0 Å². The van der Waals surface area contributed by atoms with Crippen LogP contribution in [-0.4, -0.2) is 19.3 Å². The molecule has 120 valence electrons. The van der Waals surface area contributed by atoms with E-state index >= 15 is 0 Å². The monoisotopic (exact) mass is 355 g/mol. The molecule has 2 aromatic rings. The van der Waals surface area contributed by atoms with Gasteiger partial charge in [0, 0.05) is 12.1 Å². The number of nitrogens with zero attached hydrogens (tertiary/aromatic N) is 1. The SMILES string of the molecule is O=C([O-])c1ccc(Cl)c(S(=O)(=O)Nc2cccc([N+](=O)[O-])c2)c1. The van der Waals surface area contributed by atoms with Crippen LogP contribution in [0.15, 0.2) is 47.4 Å². The van der Waals surface area contributed by atoms with Crippen molar-refractivity contribution in [2.75, 3.05) is 4.72 Å². The van der Waals surface area contributed by atoms with Crippen molar-refractivity contribution in [2.24, 2.45) is 0 Å². The molecule has 0 aliphatic carbocycles. The van der Waals surface area contributed by atoms with Gasteiger partial charge < -0.3 is 9.90 Å². The number of carbonyl (C=O) groups excluding carboxylic acids is 1. The maximum atomic E-state index is 12.3. The Morgan fingerprint density at radius 2 is 1.87 bits per heavy atom. The first-order chi connectivity index (χ1) is 10.7. The van der Waals surface area contributed by atoms with Gasteiger partial charge in [-0.1, -0.05) is 23.7 Å². The van der Waals surface area contributed by atoms with Gasteiger partial charge in [-0.05, 0) is 23.8 Å². The predicted molar refractivity (Wildman–Crippen MR) is 79.7 cm³/mol. The number of anilines is 1. The van der Waals surface area contributed by atoms with Crippen LogP contribution in [-0.2, 0) is 10.0 Å². The number of non-ortho nitro benzene ring substituents is 1. The molecule has 8 nitrogen and oxygen atoms in total. The Bertz CT molecular complexity index is 897. The van der Waals surface area contributed by atoms with E-state index in [0.29, 0.717) is 0 Å². The molecule has 0 amide bonds. The molecule has 0 heterocycles. The first-order valence-corrected chi connectivity index (χ1v) is 7.85. The highest BCUT2D eigenvalue weighted by Gasteiger charge is 2.20. The maximum absolute atomic E-state index is 12.3. The van der Waals surface area contributed by atoms with Crippen molar-refractivity contribution in [1.29, 1.82) is 0 Å². The molecule has 10 heteroatoms. The Morgan fingerprint density at radius 1 is 1.17 bits per heavy atom. The number of carboxylic acid groups (broad SMARTS) is 1. The van der Waals surface area contributed by atoms with E-state index in [1.807, 2.05) is 0 Å². The Kier molecular flexibility index (Phi) is 4.52. The van der Waals surface area contributed by atoms with E-state index in [2.05, 4.69) is 4.72 Å². The van der Waals surface area contributed by atoms with Gasteiger partial charge in [0.25, 0.3) is 15.7 Å². The summed E-state index contributed by atoms with van der Waals surface area (Å²) in [6.45, 7) is 0. The highest BCUT2D eigenvalue weighted by molar-refractivity contribution is 7.92. The summed E-state index contributed by atoms with van der Waals surface area (Å²) in [7, 11) is -4.24. The molecule has 2 aromatic carbocycles. The number of carbonyl (C=O) groups is 1. The Morgan fingerprint density at radius 3 is 2.48 bits per heavy atom. The first-order valence-electron chi connectivity index (χ1n) is 5.99. The molecular formula is C13H8ClN2O6S-. The average Bonchev–Trinajstić information content (AvgIpc) is 2.47. The molecule has 0 saturated heterocycles. The van der Waals surface area contributed by atoms with Crippen LogP contribution < -0.4 is 9.83 Å². The number of nitro benzene ring substituents is 1. The van der Waals surface area contributed by atoms with E-state index in [4.69, 9.17) is 11.6 Å². The number of rotatable bonds is 5. The number of carboxylic acids is 1. The highest BCUT2D eigenvalue weighted by Crippen LogP contribution is 2.26. The summed E-state index contributed by atoms with van der Waals surface area (Å²) in [4.78, 5) is 20.4. The number of hydrogen-bond donors (Lipinski definition) is 1. The Labute approximate surface area is 135 Å². The molecule has 0 fully saturated rings. The van der Waals surface area contributed by atoms with E-state index in [1.165, 1.54) is 18.2 Å². The number of nitro groups is 1. The number of sulfonamides is 1. The smallest absolute Gasteiger partial charge is 0.271 e. The molecule has 0 unspecified atom stereocenters. The summed E-state index contributed by atoms with van der Waals surface area (Å²) in [5, 5.41) is 21.3. The van der Waals surface area contributed by atoms with Gasteiger partial charge in [-0.2, -0.15) is 0 Å². The Balaban J connectivity index is 2.43. The number of hydrogen-bond acceptors (Lipinski definition) is 6. The van der Waals surface area contributed by atoms with Gasteiger partial charge in [-0.15, -0.1) is 0 Å². The van der Waals surface area contributed by atoms with E-state index in [0.717, 1.165) is 24.3 Å². The van der Waals surface area contributed by atoms with Gasteiger partial charge in [-0.25, -0.2) is 8.42 Å². The molecule has 0 aliphatic rings. The summed E-state index contributed by atoms with van der Waals surface area (Å²) in [6, 6.07) is 7.88. The van der Waals surface area contributed by atoms with Gasteiger partial charge in [0.15, 0.2) is 0 Å². The lowest BCUT2D eigenvalue weighted by Crippen LogP contribution is -2.23. The zero-order valence-corrected chi connectivity index (χ0v) is 12.8. The van der Waals surface area contributed by atoms with E-state index < -0.39 is 25.8 Å². The maximum Gasteiger partial charge on any atom is 0.271 e. The van der Waals surface area contributed by atoms with Crippen molar-refractivity contribution in [3.8, 4) is 0 Å². The van der Waals surface area contributed by atoms with E-state index in [1.54, 1.807) is 0 Å². The zero-order valence-electron chi connectivity index (χ0n) is 11.2. The summed E-state index contributed by atoms with van der Waals surface area (Å²) >= 11 is 5.79. The molecule has 0 saturated carbocycles. The van der Waals surface area contributed by atoms with Gasteiger partial charge in [0.1, 0.15) is 4.90 Å². The van der Waals surface area contributed by atoms with Crippen LogP contribution in [0, 0.1) is 10.1 Å². The fourth-order valence-corrected chi connectivity index (χ4v) is 3.31. The molecule has 2 rings (SSSR count). The van der Waals surface area contributed by atoms with Crippen LogP contribution in [0.4, 0.5) is 11.4 Å². The van der Waals surface area contributed by atoms with Crippen molar-refractivity contribution >= 4 is 39.0 Å². The van der Waals surface area contributed by atoms with E-state index in [9.17, 15) is 28.4 Å². The van der Waals surface area contributed by atoms with Gasteiger partial charge in [-0.3, -0.25) is 14.8 Å². The molecule has 0 bridgehead atoms. The fraction of sp³-hybridized carbons (Fsp3) is 0. The minimum atomic E-state index is -4.24. The summed E-state index contributed by atoms with van der Waals surface area (Å²) in [6.07, 6.45) is 0. The Hall–Kier alpha value is -2.65. The van der Waals surface area contributed by atoms with Crippen LogP contribution in [0.1, 0.15) is 10.4 Å². The third kappa shape index (κ3) is 3.76. The lowest BCUT2D eigenvalue weighted by atomic mass is 10.2. The van der Waals surface area contributed by atoms with Crippen LogP contribution in [0.2, 0.25) is 5.02 Å². The molecule has 0 spiro atoms. The fourth-order valence-electron chi connectivity index (χ4n) is 1.73. The largest absolute Gasteiger partial charge is 0.545 e. The number of halogens is 1. The quantitative estimate of drug-likeness (QED) is 0.637. The molecule has 0 atom stereocenters. The van der Waals surface area contributed by atoms with Crippen molar-refractivity contribution in [3.05, 3.63) is 63.2 Å². The van der Waals surface area contributed by atoms with Crippen molar-refractivity contribution in [1.82, 2.24) is 0 Å². The minimum Gasteiger partial charge on any atom is -0.545 e. The predicted octanol–water partition coefficient (Wildman–Crippen LogP) is 1.41. The summed E-state index contributed by atoms with van der Waals surface area (Å²) in [5.41, 5.74) is -0.734. The van der Waals surface area contributed by atoms with Crippen LogP contribution in [0.25, 0.3) is 0 Å². The standard InChI is InChI=1S/C13H9ClN2O6S/c14-11-5-4-8(13(17)18)6-12(11)23(21,22)15-9-2-1-3-10(7-9)16(19)20/h1-7,15H,(H,17,18)/p-1. The third-order valence-corrected chi connectivity index (χ3v) is 4.63.